The minimum Gasteiger partial charge on any atom is -0.458 e. The number of hydrogen-bond acceptors (Lipinski definition) is 2. The van der Waals surface area contributed by atoms with Gasteiger partial charge in [-0.1, -0.05) is 0 Å². The summed E-state index contributed by atoms with van der Waals surface area (Å²) in [6.07, 6.45) is 7.50. The number of carbonyl (C=O) groups is 1. The molecule has 4 saturated carbocycles. The first-order chi connectivity index (χ1) is 8.64. The smallest absolute Gasteiger partial charge is 0.204 e. The van der Waals surface area contributed by atoms with Gasteiger partial charge in [-0.2, -0.15) is 0 Å². The van der Waals surface area contributed by atoms with Crippen LogP contribution in [0.1, 0.15) is 54.8 Å². The van der Waals surface area contributed by atoms with Crippen molar-refractivity contribution in [3.63, 3.8) is 0 Å². The van der Waals surface area contributed by atoms with Gasteiger partial charge in [0.15, 0.2) is 5.76 Å². The summed E-state index contributed by atoms with van der Waals surface area (Å²) >= 11 is 0. The van der Waals surface area contributed by atoms with Gasteiger partial charge in [0.2, 0.25) is 5.78 Å². The fraction of sp³-hybridized carbons (Fsp3) is 0.688. The van der Waals surface area contributed by atoms with Crippen LogP contribution in [-0.2, 0) is 0 Å². The molecule has 4 aliphatic rings. The van der Waals surface area contributed by atoms with E-state index in [1.807, 2.05) is 19.1 Å². The van der Waals surface area contributed by atoms with Gasteiger partial charge in [-0.15, -0.1) is 0 Å². The first-order valence-electron chi connectivity index (χ1n) is 7.26. The Kier molecular flexibility index (Phi) is 2.10. The van der Waals surface area contributed by atoms with Crippen LogP contribution in [0.4, 0.5) is 0 Å². The van der Waals surface area contributed by atoms with Crippen molar-refractivity contribution >= 4 is 5.78 Å². The lowest BCUT2D eigenvalue weighted by Crippen LogP contribution is -2.49. The predicted molar refractivity (Wildman–Crippen MR) is 68.4 cm³/mol. The third kappa shape index (κ3) is 1.44. The zero-order valence-corrected chi connectivity index (χ0v) is 10.9. The first-order valence-corrected chi connectivity index (χ1v) is 7.26. The summed E-state index contributed by atoms with van der Waals surface area (Å²) in [7, 11) is 0. The Morgan fingerprint density at radius 3 is 2.11 bits per heavy atom. The van der Waals surface area contributed by atoms with Crippen molar-refractivity contribution in [2.75, 3.05) is 0 Å². The van der Waals surface area contributed by atoms with Crippen LogP contribution in [0, 0.1) is 30.1 Å². The second-order valence-electron chi connectivity index (χ2n) is 6.94. The van der Waals surface area contributed by atoms with Gasteiger partial charge in [-0.05, 0) is 75.3 Å². The van der Waals surface area contributed by atoms with Gasteiger partial charge in [0.1, 0.15) is 5.76 Å². The molecule has 96 valence electrons. The number of aryl methyl sites for hydroxylation is 1. The van der Waals surface area contributed by atoms with Gasteiger partial charge in [-0.25, -0.2) is 0 Å². The summed E-state index contributed by atoms with van der Waals surface area (Å²) in [5.41, 5.74) is -0.0565. The zero-order chi connectivity index (χ0) is 12.3. The number of hydrogen-bond donors (Lipinski definition) is 0. The van der Waals surface area contributed by atoms with Gasteiger partial charge in [0, 0.05) is 5.41 Å². The van der Waals surface area contributed by atoms with Crippen molar-refractivity contribution in [3.8, 4) is 0 Å². The summed E-state index contributed by atoms with van der Waals surface area (Å²) in [6.45, 7) is 1.91. The predicted octanol–water partition coefficient (Wildman–Crippen LogP) is 3.99. The lowest BCUT2D eigenvalue weighted by atomic mass is 9.48. The third-order valence-electron chi connectivity index (χ3n) is 5.48. The Morgan fingerprint density at radius 2 is 1.67 bits per heavy atom. The monoisotopic (exact) mass is 244 g/mol. The van der Waals surface area contributed by atoms with Crippen LogP contribution in [0.15, 0.2) is 16.5 Å². The molecule has 0 unspecified atom stereocenters. The Morgan fingerprint density at radius 1 is 1.11 bits per heavy atom. The number of ketones is 1. The third-order valence-corrected chi connectivity index (χ3v) is 5.48. The van der Waals surface area contributed by atoms with Crippen molar-refractivity contribution in [3.05, 3.63) is 23.7 Å². The summed E-state index contributed by atoms with van der Waals surface area (Å²) in [5, 5.41) is 0. The highest BCUT2D eigenvalue weighted by atomic mass is 16.3. The van der Waals surface area contributed by atoms with Crippen LogP contribution in [-0.4, -0.2) is 5.78 Å². The lowest BCUT2D eigenvalue weighted by Gasteiger charge is -2.55. The molecule has 0 aromatic carbocycles. The lowest BCUT2D eigenvalue weighted by molar-refractivity contribution is -0.0365. The molecule has 4 aliphatic carbocycles. The van der Waals surface area contributed by atoms with E-state index in [1.165, 1.54) is 19.3 Å². The highest BCUT2D eigenvalue weighted by molar-refractivity contribution is 5.98. The van der Waals surface area contributed by atoms with Crippen LogP contribution in [0.3, 0.4) is 0 Å². The van der Waals surface area contributed by atoms with Crippen molar-refractivity contribution in [1.82, 2.24) is 0 Å². The van der Waals surface area contributed by atoms with Gasteiger partial charge in [0.05, 0.1) is 0 Å². The molecule has 0 spiro atoms. The second kappa shape index (κ2) is 3.49. The van der Waals surface area contributed by atoms with E-state index < -0.39 is 0 Å². The topological polar surface area (TPSA) is 30.2 Å². The summed E-state index contributed by atoms with van der Waals surface area (Å²) in [6, 6.07) is 3.78. The molecule has 0 amide bonds. The maximum atomic E-state index is 12.8. The van der Waals surface area contributed by atoms with Crippen molar-refractivity contribution in [2.45, 2.75) is 45.4 Å². The average molecular weight is 244 g/mol. The fourth-order valence-electron chi connectivity index (χ4n) is 5.21. The fourth-order valence-corrected chi connectivity index (χ4v) is 5.21. The molecule has 0 aliphatic heterocycles. The zero-order valence-electron chi connectivity index (χ0n) is 10.9. The van der Waals surface area contributed by atoms with Crippen LogP contribution >= 0.6 is 0 Å². The minimum atomic E-state index is -0.0565. The van der Waals surface area contributed by atoms with E-state index in [2.05, 4.69) is 0 Å². The number of Topliss-reactive ketones (excluding diaryl/α,β-unsaturated/α-hetero) is 1. The molecule has 0 atom stereocenters. The van der Waals surface area contributed by atoms with Gasteiger partial charge in [-0.3, -0.25) is 4.79 Å². The SMILES string of the molecule is Cc1ccc(C(=O)C23CC4CC(CC(C4)C2)C3)o1. The molecule has 0 radical (unpaired) electrons. The molecule has 4 bridgehead atoms. The van der Waals surface area contributed by atoms with Crippen LogP contribution in [0.25, 0.3) is 0 Å². The summed E-state index contributed by atoms with van der Waals surface area (Å²) in [5.74, 6) is 4.20. The molecule has 2 heteroatoms. The Labute approximate surface area is 108 Å². The van der Waals surface area contributed by atoms with E-state index in [0.717, 1.165) is 42.8 Å². The van der Waals surface area contributed by atoms with Crippen molar-refractivity contribution < 1.29 is 9.21 Å². The maximum absolute atomic E-state index is 12.8. The first kappa shape index (κ1) is 10.8. The average Bonchev–Trinajstić information content (AvgIpc) is 2.73. The molecule has 1 aromatic heterocycles. The normalized spacial score (nSPS) is 41.3. The largest absolute Gasteiger partial charge is 0.458 e. The molecule has 2 nitrogen and oxygen atoms in total. The van der Waals surface area contributed by atoms with Gasteiger partial charge in [0.25, 0.3) is 0 Å². The standard InChI is InChI=1S/C16H20O2/c1-10-2-3-14(18-10)15(17)16-7-11-4-12(8-16)6-13(5-11)9-16/h2-3,11-13H,4-9H2,1H3. The maximum Gasteiger partial charge on any atom is 0.204 e. The molecule has 5 rings (SSSR count). The number of carbonyl (C=O) groups excluding carboxylic acids is 1. The van der Waals surface area contributed by atoms with Gasteiger partial charge < -0.3 is 4.42 Å². The summed E-state index contributed by atoms with van der Waals surface area (Å²) in [4.78, 5) is 12.8. The van der Waals surface area contributed by atoms with Crippen molar-refractivity contribution in [2.24, 2.45) is 23.2 Å². The molecule has 0 saturated heterocycles. The quantitative estimate of drug-likeness (QED) is 0.736. The second-order valence-corrected chi connectivity index (χ2v) is 6.94. The molecule has 18 heavy (non-hydrogen) atoms. The van der Waals surface area contributed by atoms with Gasteiger partial charge >= 0.3 is 0 Å². The van der Waals surface area contributed by atoms with E-state index in [0.29, 0.717) is 11.5 Å². The Balaban J connectivity index is 1.69. The summed E-state index contributed by atoms with van der Waals surface area (Å²) < 4.78 is 5.59. The highest BCUT2D eigenvalue weighted by Gasteiger charge is 2.55. The molecular weight excluding hydrogens is 224 g/mol. The molecule has 4 fully saturated rings. The minimum absolute atomic E-state index is 0.0565. The molecule has 1 heterocycles. The van der Waals surface area contributed by atoms with Crippen LogP contribution < -0.4 is 0 Å². The van der Waals surface area contributed by atoms with E-state index in [-0.39, 0.29) is 5.41 Å². The molecule has 0 N–H and O–H groups in total. The van der Waals surface area contributed by atoms with E-state index in [9.17, 15) is 4.79 Å². The van der Waals surface area contributed by atoms with Crippen molar-refractivity contribution in [1.29, 1.82) is 0 Å². The van der Waals surface area contributed by atoms with Crippen LogP contribution in [0.2, 0.25) is 0 Å². The number of furan rings is 1. The van der Waals surface area contributed by atoms with Crippen LogP contribution in [0.5, 0.6) is 0 Å². The van der Waals surface area contributed by atoms with E-state index in [1.54, 1.807) is 0 Å². The van der Waals surface area contributed by atoms with E-state index >= 15 is 0 Å². The Hall–Kier alpha value is -1.05. The highest BCUT2D eigenvalue weighted by Crippen LogP contribution is 2.60. The Bertz CT molecular complexity index is 462. The molecule has 1 aromatic rings. The molecular formula is C16H20O2. The number of rotatable bonds is 2. The van der Waals surface area contributed by atoms with E-state index in [4.69, 9.17) is 4.42 Å².